The zero-order valence-corrected chi connectivity index (χ0v) is 10.7. The second-order valence-electron chi connectivity index (χ2n) is 5.86. The summed E-state index contributed by atoms with van der Waals surface area (Å²) in [5.41, 5.74) is 1.69. The van der Waals surface area contributed by atoms with Crippen LogP contribution in [0.3, 0.4) is 0 Å². The standard InChI is InChI=1S/C15H21NO/c1-11-4-3-5-13(8-11)15(17)9-12(2)16(10-15)14-6-7-14/h3-5,8,12,14,17H,6-7,9-10H2,1-2H3. The summed E-state index contributed by atoms with van der Waals surface area (Å²) in [4.78, 5) is 2.49. The number of β-amino-alcohol motifs (C(OH)–C–C–N with tert-alkyl or cyclic N) is 1. The van der Waals surface area contributed by atoms with Gasteiger partial charge in [0, 0.05) is 18.6 Å². The van der Waals surface area contributed by atoms with E-state index in [2.05, 4.69) is 36.9 Å². The summed E-state index contributed by atoms with van der Waals surface area (Å²) in [5.74, 6) is 0. The second-order valence-corrected chi connectivity index (χ2v) is 5.86. The van der Waals surface area contributed by atoms with E-state index in [1.165, 1.54) is 18.4 Å². The van der Waals surface area contributed by atoms with Gasteiger partial charge in [-0.25, -0.2) is 0 Å². The lowest BCUT2D eigenvalue weighted by Crippen LogP contribution is -2.33. The van der Waals surface area contributed by atoms with Gasteiger partial charge in [-0.3, -0.25) is 4.90 Å². The lowest BCUT2D eigenvalue weighted by atomic mass is 9.90. The highest BCUT2D eigenvalue weighted by Crippen LogP contribution is 2.41. The highest BCUT2D eigenvalue weighted by atomic mass is 16.3. The SMILES string of the molecule is Cc1cccc(C2(O)CC(C)N(C3CC3)C2)c1. The highest BCUT2D eigenvalue weighted by Gasteiger charge is 2.46. The quantitative estimate of drug-likeness (QED) is 0.845. The number of aryl methyl sites for hydroxylation is 1. The van der Waals surface area contributed by atoms with Gasteiger partial charge >= 0.3 is 0 Å². The van der Waals surface area contributed by atoms with Crippen molar-refractivity contribution < 1.29 is 5.11 Å². The molecule has 1 saturated carbocycles. The Labute approximate surface area is 103 Å². The van der Waals surface area contributed by atoms with Gasteiger partial charge in [-0.1, -0.05) is 29.8 Å². The van der Waals surface area contributed by atoms with E-state index in [0.717, 1.165) is 24.6 Å². The fraction of sp³-hybridized carbons (Fsp3) is 0.600. The van der Waals surface area contributed by atoms with Gasteiger partial charge in [0.15, 0.2) is 0 Å². The van der Waals surface area contributed by atoms with Gasteiger partial charge in [-0.05, 0) is 38.7 Å². The summed E-state index contributed by atoms with van der Waals surface area (Å²) in [6.07, 6.45) is 3.50. The van der Waals surface area contributed by atoms with Crippen molar-refractivity contribution >= 4 is 0 Å². The first kappa shape index (κ1) is 11.2. The molecular formula is C15H21NO. The number of rotatable bonds is 2. The number of hydrogen-bond acceptors (Lipinski definition) is 2. The van der Waals surface area contributed by atoms with E-state index in [-0.39, 0.29) is 0 Å². The van der Waals surface area contributed by atoms with E-state index >= 15 is 0 Å². The Morgan fingerprint density at radius 3 is 2.76 bits per heavy atom. The van der Waals surface area contributed by atoms with Crippen LogP contribution < -0.4 is 0 Å². The predicted molar refractivity (Wildman–Crippen MR) is 68.9 cm³/mol. The molecule has 2 unspecified atom stereocenters. The molecule has 1 heterocycles. The zero-order valence-electron chi connectivity index (χ0n) is 10.7. The molecule has 1 N–H and O–H groups in total. The third-order valence-corrected chi connectivity index (χ3v) is 4.21. The van der Waals surface area contributed by atoms with Crippen molar-refractivity contribution in [2.75, 3.05) is 6.54 Å². The average molecular weight is 231 g/mol. The summed E-state index contributed by atoms with van der Waals surface area (Å²) >= 11 is 0. The fourth-order valence-electron chi connectivity index (χ4n) is 3.17. The summed E-state index contributed by atoms with van der Waals surface area (Å²) in [6.45, 7) is 5.14. The number of hydrogen-bond donors (Lipinski definition) is 1. The summed E-state index contributed by atoms with van der Waals surface area (Å²) in [7, 11) is 0. The molecule has 0 amide bonds. The topological polar surface area (TPSA) is 23.5 Å². The Morgan fingerprint density at radius 2 is 2.12 bits per heavy atom. The van der Waals surface area contributed by atoms with Crippen molar-refractivity contribution in [3.05, 3.63) is 35.4 Å². The van der Waals surface area contributed by atoms with Crippen LogP contribution in [0.1, 0.15) is 37.3 Å². The van der Waals surface area contributed by atoms with E-state index in [1.807, 2.05) is 6.07 Å². The zero-order chi connectivity index (χ0) is 12.0. The molecular weight excluding hydrogens is 210 g/mol. The largest absolute Gasteiger partial charge is 0.384 e. The van der Waals surface area contributed by atoms with Gasteiger partial charge in [0.2, 0.25) is 0 Å². The van der Waals surface area contributed by atoms with Crippen molar-refractivity contribution in [3.8, 4) is 0 Å². The van der Waals surface area contributed by atoms with Crippen molar-refractivity contribution in [1.29, 1.82) is 0 Å². The minimum Gasteiger partial charge on any atom is -0.384 e. The molecule has 2 aliphatic rings. The van der Waals surface area contributed by atoms with Crippen LogP contribution in [0.2, 0.25) is 0 Å². The van der Waals surface area contributed by atoms with Crippen LogP contribution in [0.25, 0.3) is 0 Å². The molecule has 0 bridgehead atoms. The number of likely N-dealkylation sites (tertiary alicyclic amines) is 1. The lowest BCUT2D eigenvalue weighted by molar-refractivity contribution is 0.0451. The van der Waals surface area contributed by atoms with Crippen LogP contribution in [0, 0.1) is 6.92 Å². The average Bonchev–Trinajstić information content (AvgIpc) is 3.06. The molecule has 1 aromatic carbocycles. The first-order valence-electron chi connectivity index (χ1n) is 6.64. The second kappa shape index (κ2) is 3.82. The van der Waals surface area contributed by atoms with Gasteiger partial charge in [0.25, 0.3) is 0 Å². The molecule has 2 fully saturated rings. The molecule has 3 rings (SSSR count). The Morgan fingerprint density at radius 1 is 1.35 bits per heavy atom. The minimum atomic E-state index is -0.631. The monoisotopic (exact) mass is 231 g/mol. The molecule has 1 aliphatic heterocycles. The highest BCUT2D eigenvalue weighted by molar-refractivity contribution is 5.29. The van der Waals surface area contributed by atoms with Gasteiger partial charge in [0.05, 0.1) is 0 Å². The first-order chi connectivity index (χ1) is 8.08. The lowest BCUT2D eigenvalue weighted by Gasteiger charge is -2.24. The van der Waals surface area contributed by atoms with Crippen LogP contribution in [-0.4, -0.2) is 28.6 Å². The van der Waals surface area contributed by atoms with Gasteiger partial charge in [-0.2, -0.15) is 0 Å². The maximum absolute atomic E-state index is 10.9. The molecule has 2 heteroatoms. The van der Waals surface area contributed by atoms with E-state index in [4.69, 9.17) is 0 Å². The van der Waals surface area contributed by atoms with Crippen molar-refractivity contribution in [2.24, 2.45) is 0 Å². The first-order valence-corrected chi connectivity index (χ1v) is 6.64. The molecule has 1 aliphatic carbocycles. The Hall–Kier alpha value is -0.860. The summed E-state index contributed by atoms with van der Waals surface area (Å²) in [6, 6.07) is 9.58. The Balaban J connectivity index is 1.87. The predicted octanol–water partition coefficient (Wildman–Crippen LogP) is 2.44. The van der Waals surface area contributed by atoms with Crippen LogP contribution in [0.4, 0.5) is 0 Å². The van der Waals surface area contributed by atoms with Gasteiger partial charge < -0.3 is 5.11 Å². The molecule has 92 valence electrons. The molecule has 17 heavy (non-hydrogen) atoms. The van der Waals surface area contributed by atoms with Crippen LogP contribution in [0.5, 0.6) is 0 Å². The Kier molecular flexibility index (Phi) is 2.53. The third kappa shape index (κ3) is 2.00. The van der Waals surface area contributed by atoms with Gasteiger partial charge in [-0.15, -0.1) is 0 Å². The van der Waals surface area contributed by atoms with E-state index < -0.39 is 5.60 Å². The van der Waals surface area contributed by atoms with Crippen molar-refractivity contribution in [1.82, 2.24) is 4.90 Å². The van der Waals surface area contributed by atoms with Crippen molar-refractivity contribution in [2.45, 2.75) is 50.8 Å². The maximum Gasteiger partial charge on any atom is 0.104 e. The van der Waals surface area contributed by atoms with Gasteiger partial charge in [0.1, 0.15) is 5.60 Å². The number of aliphatic hydroxyl groups is 1. The Bertz CT molecular complexity index is 427. The van der Waals surface area contributed by atoms with Crippen molar-refractivity contribution in [3.63, 3.8) is 0 Å². The summed E-state index contributed by atoms with van der Waals surface area (Å²) in [5, 5.41) is 10.9. The molecule has 2 atom stereocenters. The van der Waals surface area contributed by atoms with Crippen LogP contribution >= 0.6 is 0 Å². The number of nitrogens with zero attached hydrogens (tertiary/aromatic N) is 1. The minimum absolute atomic E-state index is 0.507. The molecule has 0 radical (unpaired) electrons. The van der Waals surface area contributed by atoms with E-state index in [1.54, 1.807) is 0 Å². The fourth-order valence-corrected chi connectivity index (χ4v) is 3.17. The molecule has 1 saturated heterocycles. The molecule has 0 spiro atoms. The van der Waals surface area contributed by atoms with E-state index in [9.17, 15) is 5.11 Å². The molecule has 1 aromatic rings. The summed E-state index contributed by atoms with van der Waals surface area (Å²) < 4.78 is 0. The third-order valence-electron chi connectivity index (χ3n) is 4.21. The smallest absolute Gasteiger partial charge is 0.104 e. The number of benzene rings is 1. The van der Waals surface area contributed by atoms with Crippen LogP contribution in [0.15, 0.2) is 24.3 Å². The van der Waals surface area contributed by atoms with Crippen LogP contribution in [-0.2, 0) is 5.60 Å². The maximum atomic E-state index is 10.9. The van der Waals surface area contributed by atoms with E-state index in [0.29, 0.717) is 6.04 Å². The molecule has 2 nitrogen and oxygen atoms in total. The normalized spacial score (nSPS) is 34.2. The molecule has 0 aromatic heterocycles.